The summed E-state index contributed by atoms with van der Waals surface area (Å²) in [6.45, 7) is 2.80. The van der Waals surface area contributed by atoms with E-state index in [1.165, 1.54) is 5.56 Å². The van der Waals surface area contributed by atoms with E-state index in [2.05, 4.69) is 19.1 Å². The Morgan fingerprint density at radius 1 is 1.33 bits per heavy atom. The molecule has 0 radical (unpaired) electrons. The second-order valence-electron chi connectivity index (χ2n) is 5.66. The fourth-order valence-corrected chi connectivity index (χ4v) is 3.30. The smallest absolute Gasteiger partial charge is 0.230 e. The first-order chi connectivity index (χ1) is 8.65. The van der Waals surface area contributed by atoms with Crippen LogP contribution in [0.3, 0.4) is 0 Å². The Balaban J connectivity index is 1.84. The van der Waals surface area contributed by atoms with E-state index >= 15 is 0 Å². The number of amides is 1. The predicted octanol–water partition coefficient (Wildman–Crippen LogP) is 2.09. The molecule has 1 saturated carbocycles. The van der Waals surface area contributed by atoms with Crippen molar-refractivity contribution < 1.29 is 4.79 Å². The van der Waals surface area contributed by atoms with Gasteiger partial charge in [0.05, 0.1) is 11.5 Å². The Kier molecular flexibility index (Phi) is 2.67. The summed E-state index contributed by atoms with van der Waals surface area (Å²) in [5.41, 5.74) is 7.18. The number of rotatable bonds is 2. The Hall–Kier alpha value is -1.35. The maximum atomic E-state index is 12.6. The van der Waals surface area contributed by atoms with Crippen molar-refractivity contribution in [3.8, 4) is 0 Å². The summed E-state index contributed by atoms with van der Waals surface area (Å²) in [6.07, 6.45) is 3.10. The van der Waals surface area contributed by atoms with Crippen LogP contribution in [0.15, 0.2) is 30.3 Å². The van der Waals surface area contributed by atoms with Crippen LogP contribution in [0, 0.1) is 5.41 Å². The maximum absolute atomic E-state index is 12.6. The molecule has 1 unspecified atom stereocenters. The van der Waals surface area contributed by atoms with Crippen molar-refractivity contribution in [2.45, 2.75) is 38.3 Å². The van der Waals surface area contributed by atoms with Gasteiger partial charge in [0.25, 0.3) is 0 Å². The monoisotopic (exact) mass is 244 g/mol. The lowest BCUT2D eigenvalue weighted by Gasteiger charge is -2.39. The van der Waals surface area contributed by atoms with E-state index in [1.807, 2.05) is 23.1 Å². The van der Waals surface area contributed by atoms with E-state index in [0.29, 0.717) is 6.54 Å². The van der Waals surface area contributed by atoms with Crippen LogP contribution in [-0.4, -0.2) is 23.4 Å². The van der Waals surface area contributed by atoms with E-state index in [0.717, 1.165) is 19.3 Å². The van der Waals surface area contributed by atoms with Crippen LogP contribution in [0.25, 0.3) is 0 Å². The number of hydrogen-bond acceptors (Lipinski definition) is 2. The van der Waals surface area contributed by atoms with Crippen molar-refractivity contribution >= 4 is 5.91 Å². The molecular formula is C15H20N2O. The van der Waals surface area contributed by atoms with Crippen LogP contribution in [0.4, 0.5) is 0 Å². The molecule has 1 spiro atoms. The largest absolute Gasteiger partial charge is 0.334 e. The minimum atomic E-state index is -0.219. The van der Waals surface area contributed by atoms with Crippen molar-refractivity contribution in [2.75, 3.05) is 6.54 Å². The average molecular weight is 244 g/mol. The third-order valence-corrected chi connectivity index (χ3v) is 4.79. The SMILES string of the molecule is C[C@H](c1ccccc1)N1CC(N)C2(CCC2)C1=O. The Labute approximate surface area is 108 Å². The second kappa shape index (κ2) is 4.09. The normalized spacial score (nSPS) is 27.3. The highest BCUT2D eigenvalue weighted by molar-refractivity contribution is 5.87. The summed E-state index contributed by atoms with van der Waals surface area (Å²) in [6, 6.07) is 10.3. The van der Waals surface area contributed by atoms with E-state index < -0.39 is 0 Å². The third-order valence-electron chi connectivity index (χ3n) is 4.79. The van der Waals surface area contributed by atoms with Crippen LogP contribution in [0.5, 0.6) is 0 Å². The van der Waals surface area contributed by atoms with Crippen LogP contribution in [-0.2, 0) is 4.79 Å². The van der Waals surface area contributed by atoms with Gasteiger partial charge >= 0.3 is 0 Å². The van der Waals surface area contributed by atoms with Crippen LogP contribution in [0.1, 0.15) is 37.8 Å². The van der Waals surface area contributed by atoms with Gasteiger partial charge in [-0.2, -0.15) is 0 Å². The van der Waals surface area contributed by atoms with Gasteiger partial charge in [0.2, 0.25) is 5.91 Å². The van der Waals surface area contributed by atoms with Crippen molar-refractivity contribution in [3.05, 3.63) is 35.9 Å². The van der Waals surface area contributed by atoms with Gasteiger partial charge in [-0.05, 0) is 25.3 Å². The van der Waals surface area contributed by atoms with Crippen molar-refractivity contribution in [2.24, 2.45) is 11.1 Å². The quantitative estimate of drug-likeness (QED) is 0.866. The standard InChI is InChI=1S/C15H20N2O/c1-11(12-6-3-2-4-7-12)17-10-13(16)15(14(17)18)8-5-9-15/h2-4,6-7,11,13H,5,8-10,16H2,1H3/t11-,13?/m1/s1. The molecule has 1 amide bonds. The molecule has 2 aliphatic rings. The van der Waals surface area contributed by atoms with Gasteiger partial charge in [0.1, 0.15) is 0 Å². The Bertz CT molecular complexity index is 453. The number of carbonyl (C=O) groups excluding carboxylic acids is 1. The number of carbonyl (C=O) groups is 1. The summed E-state index contributed by atoms with van der Waals surface area (Å²) in [4.78, 5) is 14.6. The fraction of sp³-hybridized carbons (Fsp3) is 0.533. The van der Waals surface area contributed by atoms with Crippen LogP contribution in [0.2, 0.25) is 0 Å². The zero-order valence-corrected chi connectivity index (χ0v) is 10.8. The highest BCUT2D eigenvalue weighted by atomic mass is 16.2. The third kappa shape index (κ3) is 1.50. The van der Waals surface area contributed by atoms with Gasteiger partial charge < -0.3 is 10.6 Å². The Morgan fingerprint density at radius 2 is 2.00 bits per heavy atom. The van der Waals surface area contributed by atoms with E-state index in [9.17, 15) is 4.79 Å². The topological polar surface area (TPSA) is 46.3 Å². The highest BCUT2D eigenvalue weighted by Gasteiger charge is 2.56. The maximum Gasteiger partial charge on any atom is 0.230 e. The lowest BCUT2D eigenvalue weighted by Crippen LogP contribution is -2.48. The molecule has 1 aliphatic heterocycles. The first-order valence-electron chi connectivity index (χ1n) is 6.77. The molecule has 0 bridgehead atoms. The van der Waals surface area contributed by atoms with Gasteiger partial charge in [0.15, 0.2) is 0 Å². The molecule has 3 heteroatoms. The molecule has 2 N–H and O–H groups in total. The summed E-state index contributed by atoms with van der Waals surface area (Å²) in [5, 5.41) is 0. The molecule has 0 aromatic heterocycles. The molecule has 96 valence electrons. The summed E-state index contributed by atoms with van der Waals surface area (Å²) in [5.74, 6) is 0.276. The summed E-state index contributed by atoms with van der Waals surface area (Å²) < 4.78 is 0. The number of hydrogen-bond donors (Lipinski definition) is 1. The van der Waals surface area contributed by atoms with Gasteiger partial charge in [-0.15, -0.1) is 0 Å². The molecular weight excluding hydrogens is 224 g/mol. The molecule has 3 rings (SSSR count). The Morgan fingerprint density at radius 3 is 2.50 bits per heavy atom. The van der Waals surface area contributed by atoms with Gasteiger partial charge in [-0.3, -0.25) is 4.79 Å². The molecule has 1 aromatic carbocycles. The highest BCUT2D eigenvalue weighted by Crippen LogP contribution is 2.49. The predicted molar refractivity (Wildman–Crippen MR) is 70.8 cm³/mol. The molecule has 1 saturated heterocycles. The van der Waals surface area contributed by atoms with Crippen LogP contribution < -0.4 is 5.73 Å². The van der Waals surface area contributed by atoms with Crippen LogP contribution >= 0.6 is 0 Å². The summed E-state index contributed by atoms with van der Waals surface area (Å²) in [7, 11) is 0. The lowest BCUT2D eigenvalue weighted by molar-refractivity contribution is -0.142. The zero-order chi connectivity index (χ0) is 12.8. The molecule has 2 fully saturated rings. The van der Waals surface area contributed by atoms with E-state index in [1.54, 1.807) is 0 Å². The molecule has 3 nitrogen and oxygen atoms in total. The average Bonchev–Trinajstić information content (AvgIpc) is 2.61. The first-order valence-corrected chi connectivity index (χ1v) is 6.77. The van der Waals surface area contributed by atoms with E-state index in [4.69, 9.17) is 5.73 Å². The van der Waals surface area contributed by atoms with Gasteiger partial charge in [-0.1, -0.05) is 36.8 Å². The molecule has 18 heavy (non-hydrogen) atoms. The second-order valence-corrected chi connectivity index (χ2v) is 5.66. The molecule has 1 aromatic rings. The number of benzene rings is 1. The molecule has 2 atom stereocenters. The van der Waals surface area contributed by atoms with E-state index in [-0.39, 0.29) is 23.4 Å². The van der Waals surface area contributed by atoms with Gasteiger partial charge in [-0.25, -0.2) is 0 Å². The molecule has 1 aliphatic carbocycles. The van der Waals surface area contributed by atoms with Crippen molar-refractivity contribution in [1.29, 1.82) is 0 Å². The lowest BCUT2D eigenvalue weighted by atomic mass is 9.65. The number of nitrogens with zero attached hydrogens (tertiary/aromatic N) is 1. The first kappa shape index (κ1) is 11.7. The summed E-state index contributed by atoms with van der Waals surface area (Å²) >= 11 is 0. The van der Waals surface area contributed by atoms with Crippen molar-refractivity contribution in [3.63, 3.8) is 0 Å². The van der Waals surface area contributed by atoms with Crippen molar-refractivity contribution in [1.82, 2.24) is 4.90 Å². The minimum Gasteiger partial charge on any atom is -0.334 e. The number of likely N-dealkylation sites (tertiary alicyclic amines) is 1. The fourth-order valence-electron chi connectivity index (χ4n) is 3.30. The zero-order valence-electron chi connectivity index (χ0n) is 10.8. The molecule has 1 heterocycles. The minimum absolute atomic E-state index is 0.0184. The van der Waals surface area contributed by atoms with Gasteiger partial charge in [0, 0.05) is 12.6 Å². The number of nitrogens with two attached hydrogens (primary N) is 1.